The first-order chi connectivity index (χ1) is 11.7. The first-order valence-corrected chi connectivity index (χ1v) is 9.37. The highest BCUT2D eigenvalue weighted by Gasteiger charge is 2.38. The third kappa shape index (κ3) is 5.62. The number of nitrogens with zero attached hydrogens (tertiary/aromatic N) is 2. The molecule has 140 valence electrons. The summed E-state index contributed by atoms with van der Waals surface area (Å²) in [6.07, 6.45) is 5.45. The van der Waals surface area contributed by atoms with Crippen molar-refractivity contribution in [2.45, 2.75) is 71.4 Å². The third-order valence-corrected chi connectivity index (χ3v) is 5.07. The lowest BCUT2D eigenvalue weighted by Crippen LogP contribution is -2.43. The van der Waals surface area contributed by atoms with Crippen LogP contribution >= 0.6 is 0 Å². The molecule has 0 aromatic rings. The van der Waals surface area contributed by atoms with Gasteiger partial charge in [0.05, 0.1) is 18.0 Å². The highest BCUT2D eigenvalue weighted by atomic mass is 16.6. The van der Waals surface area contributed by atoms with Gasteiger partial charge in [-0.1, -0.05) is 32.6 Å². The van der Waals surface area contributed by atoms with Crippen LogP contribution in [0.2, 0.25) is 0 Å². The fourth-order valence-electron chi connectivity index (χ4n) is 3.73. The molecule has 0 radical (unpaired) electrons. The smallest absolute Gasteiger partial charge is 0.410 e. The molecule has 2 amide bonds. The van der Waals surface area contributed by atoms with Gasteiger partial charge in [0.15, 0.2) is 0 Å². The molecule has 0 bridgehead atoms. The first kappa shape index (κ1) is 19.6. The molecular weight excluding hydrogens is 318 g/mol. The summed E-state index contributed by atoms with van der Waals surface area (Å²) in [7, 11) is 0. The van der Waals surface area contributed by atoms with Crippen LogP contribution in [0, 0.1) is 29.1 Å². The van der Waals surface area contributed by atoms with Crippen LogP contribution in [0.15, 0.2) is 0 Å². The van der Waals surface area contributed by atoms with E-state index in [2.05, 4.69) is 11.4 Å². The Kier molecular flexibility index (Phi) is 6.31. The van der Waals surface area contributed by atoms with E-state index >= 15 is 0 Å². The molecule has 0 aromatic carbocycles. The number of likely N-dealkylation sites (tertiary alicyclic amines) is 1. The van der Waals surface area contributed by atoms with Gasteiger partial charge in [-0.05, 0) is 33.1 Å². The van der Waals surface area contributed by atoms with E-state index in [4.69, 9.17) is 4.74 Å². The molecule has 2 fully saturated rings. The van der Waals surface area contributed by atoms with E-state index < -0.39 is 17.6 Å². The third-order valence-electron chi connectivity index (χ3n) is 5.07. The van der Waals surface area contributed by atoms with Crippen molar-refractivity contribution >= 4 is 12.0 Å². The summed E-state index contributed by atoms with van der Waals surface area (Å²) in [5.74, 6) is 0.186. The molecule has 1 saturated carbocycles. The van der Waals surface area contributed by atoms with E-state index in [0.29, 0.717) is 19.0 Å². The maximum atomic E-state index is 12.5. The Morgan fingerprint density at radius 1 is 1.28 bits per heavy atom. The van der Waals surface area contributed by atoms with E-state index in [1.165, 1.54) is 30.6 Å². The van der Waals surface area contributed by atoms with Crippen molar-refractivity contribution in [3.63, 3.8) is 0 Å². The van der Waals surface area contributed by atoms with Crippen molar-refractivity contribution in [3.8, 4) is 6.07 Å². The zero-order valence-corrected chi connectivity index (χ0v) is 15.9. The summed E-state index contributed by atoms with van der Waals surface area (Å²) in [6, 6.07) is 1.89. The molecule has 1 saturated heterocycles. The first-order valence-electron chi connectivity index (χ1n) is 9.37. The summed E-state index contributed by atoms with van der Waals surface area (Å²) < 4.78 is 5.37. The largest absolute Gasteiger partial charge is 0.444 e. The molecule has 1 aliphatic carbocycles. The van der Waals surface area contributed by atoms with E-state index in [9.17, 15) is 14.9 Å². The average Bonchev–Trinajstić information content (AvgIpc) is 3.14. The zero-order chi connectivity index (χ0) is 18.6. The van der Waals surface area contributed by atoms with Gasteiger partial charge >= 0.3 is 6.09 Å². The summed E-state index contributed by atoms with van der Waals surface area (Å²) >= 11 is 0. The molecule has 25 heavy (non-hydrogen) atoms. The minimum atomic E-state index is -0.573. The Balaban J connectivity index is 1.88. The summed E-state index contributed by atoms with van der Waals surface area (Å²) in [5.41, 5.74) is -0.573. The topological polar surface area (TPSA) is 82.4 Å². The van der Waals surface area contributed by atoms with Crippen LogP contribution in [0.5, 0.6) is 0 Å². The van der Waals surface area contributed by atoms with Gasteiger partial charge in [0.25, 0.3) is 0 Å². The van der Waals surface area contributed by atoms with Crippen LogP contribution < -0.4 is 5.32 Å². The molecule has 0 spiro atoms. The second kappa shape index (κ2) is 8.07. The lowest BCUT2D eigenvalue weighted by Gasteiger charge is -2.24. The molecule has 1 aliphatic heterocycles. The Morgan fingerprint density at radius 3 is 2.48 bits per heavy atom. The Morgan fingerprint density at radius 2 is 1.92 bits per heavy atom. The summed E-state index contributed by atoms with van der Waals surface area (Å²) in [5, 5.41) is 12.4. The second-order valence-corrected chi connectivity index (χ2v) is 8.52. The van der Waals surface area contributed by atoms with Gasteiger partial charge in [0.2, 0.25) is 5.91 Å². The number of ether oxygens (including phenoxy) is 1. The molecule has 2 aliphatic rings. The number of amides is 2. The molecule has 2 rings (SSSR count). The van der Waals surface area contributed by atoms with Crippen molar-refractivity contribution in [3.05, 3.63) is 0 Å². The van der Waals surface area contributed by atoms with E-state index in [0.717, 1.165) is 6.42 Å². The molecule has 0 unspecified atom stereocenters. The van der Waals surface area contributed by atoms with Crippen LogP contribution in [0.25, 0.3) is 0 Å². The van der Waals surface area contributed by atoms with E-state index in [1.54, 1.807) is 0 Å². The molecule has 0 aromatic heterocycles. The van der Waals surface area contributed by atoms with Crippen molar-refractivity contribution in [1.82, 2.24) is 10.2 Å². The van der Waals surface area contributed by atoms with Crippen molar-refractivity contribution in [2.75, 3.05) is 13.1 Å². The number of rotatable bonds is 4. The van der Waals surface area contributed by atoms with Crippen molar-refractivity contribution in [2.24, 2.45) is 17.8 Å². The number of carbonyl (C=O) groups is 2. The number of nitriles is 1. The SMILES string of the molecule is C[C@H](CC1CCCC1)C(=O)N[C@H]1CN(C(=O)OC(C)(C)C)C[C@H]1C#N. The predicted octanol–water partition coefficient (Wildman–Crippen LogP) is 3.08. The van der Waals surface area contributed by atoms with Crippen LogP contribution in [0.1, 0.15) is 59.8 Å². The molecule has 1 N–H and O–H groups in total. The van der Waals surface area contributed by atoms with Gasteiger partial charge in [-0.2, -0.15) is 5.26 Å². The van der Waals surface area contributed by atoms with Crippen LogP contribution in [0.3, 0.4) is 0 Å². The number of hydrogen-bond donors (Lipinski definition) is 1. The fraction of sp³-hybridized carbons (Fsp3) is 0.842. The van der Waals surface area contributed by atoms with Gasteiger partial charge < -0.3 is 15.0 Å². The van der Waals surface area contributed by atoms with Crippen molar-refractivity contribution < 1.29 is 14.3 Å². The second-order valence-electron chi connectivity index (χ2n) is 8.52. The molecule has 6 nitrogen and oxygen atoms in total. The summed E-state index contributed by atoms with van der Waals surface area (Å²) in [6.45, 7) is 8.02. The van der Waals surface area contributed by atoms with Crippen molar-refractivity contribution in [1.29, 1.82) is 5.26 Å². The fourth-order valence-corrected chi connectivity index (χ4v) is 3.73. The quantitative estimate of drug-likeness (QED) is 0.845. The Labute approximate surface area is 150 Å². The molecule has 6 heteroatoms. The van der Waals surface area contributed by atoms with Gasteiger partial charge in [-0.15, -0.1) is 0 Å². The Hall–Kier alpha value is -1.77. The number of nitrogens with one attached hydrogen (secondary N) is 1. The highest BCUT2D eigenvalue weighted by Crippen LogP contribution is 2.30. The van der Waals surface area contributed by atoms with Crippen LogP contribution in [-0.2, 0) is 9.53 Å². The lowest BCUT2D eigenvalue weighted by atomic mass is 9.93. The minimum absolute atomic E-state index is 0.0109. The molecule has 3 atom stereocenters. The number of hydrogen-bond acceptors (Lipinski definition) is 4. The molecular formula is C19H31N3O3. The van der Waals surface area contributed by atoms with Crippen LogP contribution in [0.4, 0.5) is 4.79 Å². The molecule has 1 heterocycles. The minimum Gasteiger partial charge on any atom is -0.444 e. The zero-order valence-electron chi connectivity index (χ0n) is 15.9. The van der Waals surface area contributed by atoms with Gasteiger partial charge in [0, 0.05) is 19.0 Å². The maximum absolute atomic E-state index is 12.5. The average molecular weight is 349 g/mol. The standard InChI is InChI=1S/C19H31N3O3/c1-13(9-14-7-5-6-8-14)17(23)21-16-12-22(11-15(16)10-20)18(24)25-19(2,3)4/h13-16H,5-9,11-12H2,1-4H3,(H,21,23)/t13-,15-,16+/m1/s1. The van der Waals surface area contributed by atoms with Gasteiger partial charge in [-0.25, -0.2) is 4.79 Å². The van der Waals surface area contributed by atoms with Gasteiger partial charge in [-0.3, -0.25) is 4.79 Å². The predicted molar refractivity (Wildman–Crippen MR) is 94.6 cm³/mol. The Bertz CT molecular complexity index is 529. The summed E-state index contributed by atoms with van der Waals surface area (Å²) in [4.78, 5) is 26.2. The van der Waals surface area contributed by atoms with E-state index in [-0.39, 0.29) is 17.9 Å². The highest BCUT2D eigenvalue weighted by molar-refractivity contribution is 5.79. The normalized spacial score (nSPS) is 25.5. The number of carbonyl (C=O) groups excluding carboxylic acids is 2. The van der Waals surface area contributed by atoms with E-state index in [1.807, 2.05) is 27.7 Å². The van der Waals surface area contributed by atoms with Gasteiger partial charge in [0.1, 0.15) is 5.60 Å². The monoisotopic (exact) mass is 349 g/mol. The maximum Gasteiger partial charge on any atom is 0.410 e. The lowest BCUT2D eigenvalue weighted by molar-refractivity contribution is -0.125. The van der Waals surface area contributed by atoms with Crippen LogP contribution in [-0.4, -0.2) is 41.6 Å².